The van der Waals surface area contributed by atoms with Gasteiger partial charge in [-0.1, -0.05) is 36.3 Å². The number of hydrogen-bond acceptors (Lipinski definition) is 6. The van der Waals surface area contributed by atoms with Crippen LogP contribution < -0.4 is 0 Å². The first-order valence-corrected chi connectivity index (χ1v) is 10.2. The van der Waals surface area contributed by atoms with E-state index >= 15 is 0 Å². The minimum Gasteiger partial charge on any atom is -0.458 e. The highest BCUT2D eigenvalue weighted by atomic mass is 16.7. The molecule has 1 saturated carbocycles. The van der Waals surface area contributed by atoms with Crippen LogP contribution in [0.4, 0.5) is 0 Å². The Hall–Kier alpha value is -2.47. The minimum atomic E-state index is -1.34. The van der Waals surface area contributed by atoms with Crippen LogP contribution in [-0.2, 0) is 19.2 Å². The molecule has 1 aromatic carbocycles. The maximum Gasteiger partial charge on any atom is 0.354 e. The fourth-order valence-corrected chi connectivity index (χ4v) is 5.84. The van der Waals surface area contributed by atoms with Crippen molar-refractivity contribution in [2.75, 3.05) is 0 Å². The Labute approximate surface area is 169 Å². The number of fused-ring (bicyclic) bond motifs is 4. The van der Waals surface area contributed by atoms with Gasteiger partial charge in [0.25, 0.3) is 0 Å². The van der Waals surface area contributed by atoms with Gasteiger partial charge in [0.2, 0.25) is 5.60 Å². The summed E-state index contributed by atoms with van der Waals surface area (Å²) >= 11 is 0. The number of aryl methyl sites for hydroxylation is 1. The van der Waals surface area contributed by atoms with E-state index in [2.05, 4.69) is 5.16 Å². The summed E-state index contributed by atoms with van der Waals surface area (Å²) in [6, 6.07) is 7.85. The summed E-state index contributed by atoms with van der Waals surface area (Å²) in [5, 5.41) is 15.7. The van der Waals surface area contributed by atoms with Crippen LogP contribution in [0.2, 0.25) is 0 Å². The molecule has 1 spiro atoms. The van der Waals surface area contributed by atoms with E-state index in [1.165, 1.54) is 6.08 Å². The number of oxime groups is 1. The average Bonchev–Trinajstić information content (AvgIpc) is 3.31. The van der Waals surface area contributed by atoms with Crippen LogP contribution >= 0.6 is 0 Å². The maximum atomic E-state index is 13.1. The number of carbonyl (C=O) groups is 2. The number of ketones is 1. The zero-order valence-corrected chi connectivity index (χ0v) is 16.8. The van der Waals surface area contributed by atoms with Crippen molar-refractivity contribution in [3.8, 4) is 0 Å². The normalized spacial score (nSPS) is 42.9. The third-order valence-corrected chi connectivity index (χ3v) is 7.81. The van der Waals surface area contributed by atoms with E-state index in [1.807, 2.05) is 38.1 Å². The van der Waals surface area contributed by atoms with Crippen LogP contribution in [0.3, 0.4) is 0 Å². The summed E-state index contributed by atoms with van der Waals surface area (Å²) in [5.41, 5.74) is -1.08. The topological polar surface area (TPSA) is 85.2 Å². The first-order valence-electron chi connectivity index (χ1n) is 10.2. The number of esters is 1. The summed E-state index contributed by atoms with van der Waals surface area (Å²) in [4.78, 5) is 31.9. The molecule has 152 valence electrons. The smallest absolute Gasteiger partial charge is 0.354 e. The Morgan fingerprint density at radius 1 is 1.21 bits per heavy atom. The quantitative estimate of drug-likeness (QED) is 0.739. The van der Waals surface area contributed by atoms with Crippen molar-refractivity contribution in [2.45, 2.75) is 57.3 Å². The van der Waals surface area contributed by atoms with E-state index in [0.29, 0.717) is 25.0 Å². The molecule has 2 heterocycles. The van der Waals surface area contributed by atoms with Crippen molar-refractivity contribution in [2.24, 2.45) is 22.4 Å². The van der Waals surface area contributed by atoms with Gasteiger partial charge in [-0.15, -0.1) is 0 Å². The Morgan fingerprint density at radius 3 is 2.72 bits per heavy atom. The Bertz CT molecular complexity index is 983. The van der Waals surface area contributed by atoms with Gasteiger partial charge in [0.15, 0.2) is 5.78 Å². The largest absolute Gasteiger partial charge is 0.458 e. The van der Waals surface area contributed by atoms with Crippen LogP contribution in [0.15, 0.2) is 41.6 Å². The maximum absolute atomic E-state index is 13.1. The fourth-order valence-electron chi connectivity index (χ4n) is 5.84. The number of carbonyl (C=O) groups excluding carboxylic acids is 2. The van der Waals surface area contributed by atoms with Crippen LogP contribution in [0.25, 0.3) is 0 Å². The lowest BCUT2D eigenvalue weighted by molar-refractivity contribution is -0.169. The van der Waals surface area contributed by atoms with E-state index in [0.717, 1.165) is 11.1 Å². The SMILES string of the molecule is Cc1ccccc1C1=NO[C@]2(C1)C(=O)O[C@@H]1[C@H]2CC[C@H](C)[C@]2(O)C=CC(=O)[C@@]12C. The van der Waals surface area contributed by atoms with E-state index in [9.17, 15) is 14.7 Å². The van der Waals surface area contributed by atoms with Crippen molar-refractivity contribution >= 4 is 17.5 Å². The third-order valence-electron chi connectivity index (χ3n) is 7.81. The van der Waals surface area contributed by atoms with Crippen molar-refractivity contribution < 1.29 is 24.3 Å². The lowest BCUT2D eigenvalue weighted by Crippen LogP contribution is -2.57. The monoisotopic (exact) mass is 395 g/mol. The van der Waals surface area contributed by atoms with E-state index in [-0.39, 0.29) is 17.6 Å². The first-order chi connectivity index (χ1) is 13.7. The number of aliphatic hydroxyl groups is 1. The van der Waals surface area contributed by atoms with Gasteiger partial charge in [-0.2, -0.15) is 0 Å². The molecule has 6 nitrogen and oxygen atoms in total. The van der Waals surface area contributed by atoms with Gasteiger partial charge >= 0.3 is 5.97 Å². The highest BCUT2D eigenvalue weighted by Crippen LogP contribution is 2.59. The van der Waals surface area contributed by atoms with Crippen molar-refractivity contribution in [1.82, 2.24) is 0 Å². The van der Waals surface area contributed by atoms with Gasteiger partial charge in [-0.25, -0.2) is 4.79 Å². The lowest BCUT2D eigenvalue weighted by Gasteiger charge is -2.43. The molecule has 29 heavy (non-hydrogen) atoms. The highest BCUT2D eigenvalue weighted by molar-refractivity contribution is 6.06. The molecule has 1 aromatic rings. The molecule has 1 saturated heterocycles. The zero-order chi connectivity index (χ0) is 20.6. The molecule has 0 bridgehead atoms. The molecule has 2 aliphatic heterocycles. The molecule has 0 unspecified atom stereocenters. The van der Waals surface area contributed by atoms with Gasteiger partial charge in [0, 0.05) is 12.0 Å². The summed E-state index contributed by atoms with van der Waals surface area (Å²) in [5.74, 6) is -1.19. The number of nitrogens with zero attached hydrogens (tertiary/aromatic N) is 1. The second-order valence-corrected chi connectivity index (χ2v) is 9.15. The van der Waals surface area contributed by atoms with E-state index < -0.39 is 28.7 Å². The molecule has 4 aliphatic rings. The Morgan fingerprint density at radius 2 is 1.97 bits per heavy atom. The molecule has 0 aromatic heterocycles. The number of rotatable bonds is 1. The van der Waals surface area contributed by atoms with E-state index in [4.69, 9.17) is 9.57 Å². The molecular formula is C23H25NO5. The van der Waals surface area contributed by atoms with Crippen LogP contribution in [0, 0.1) is 24.2 Å². The first kappa shape index (κ1) is 18.6. The van der Waals surface area contributed by atoms with Crippen LogP contribution in [0.1, 0.15) is 44.2 Å². The molecule has 0 amide bonds. The summed E-state index contributed by atoms with van der Waals surface area (Å²) in [6.45, 7) is 5.66. The van der Waals surface area contributed by atoms with Crippen molar-refractivity contribution in [1.29, 1.82) is 0 Å². The number of allylic oxidation sites excluding steroid dienone is 1. The van der Waals surface area contributed by atoms with Gasteiger partial charge in [-0.3, -0.25) is 4.79 Å². The average molecular weight is 395 g/mol. The lowest BCUT2D eigenvalue weighted by atomic mass is 9.63. The van der Waals surface area contributed by atoms with Crippen LogP contribution in [-0.4, -0.2) is 39.9 Å². The number of benzene rings is 1. The summed E-state index contributed by atoms with van der Waals surface area (Å²) in [7, 11) is 0. The molecule has 6 heteroatoms. The molecule has 1 N–H and O–H groups in total. The van der Waals surface area contributed by atoms with Gasteiger partial charge in [0.05, 0.1) is 11.6 Å². The number of ether oxygens (including phenoxy) is 1. The minimum absolute atomic E-state index is 0.144. The van der Waals surface area contributed by atoms with Crippen LogP contribution in [0.5, 0.6) is 0 Å². The predicted molar refractivity (Wildman–Crippen MR) is 105 cm³/mol. The highest BCUT2D eigenvalue weighted by Gasteiger charge is 2.73. The predicted octanol–water partition coefficient (Wildman–Crippen LogP) is 2.71. The van der Waals surface area contributed by atoms with Gasteiger partial charge in [-0.05, 0) is 50.3 Å². The molecule has 6 atom stereocenters. The molecular weight excluding hydrogens is 370 g/mol. The van der Waals surface area contributed by atoms with Gasteiger partial charge in [0.1, 0.15) is 17.1 Å². The summed E-state index contributed by atoms with van der Waals surface area (Å²) < 4.78 is 5.84. The second-order valence-electron chi connectivity index (χ2n) is 9.15. The summed E-state index contributed by atoms with van der Waals surface area (Å²) in [6.07, 6.45) is 3.86. The molecule has 0 radical (unpaired) electrons. The Balaban J connectivity index is 1.55. The second kappa shape index (κ2) is 5.79. The molecule has 5 rings (SSSR count). The number of hydrogen-bond donors (Lipinski definition) is 1. The van der Waals surface area contributed by atoms with Crippen molar-refractivity contribution in [3.63, 3.8) is 0 Å². The van der Waals surface area contributed by atoms with Crippen molar-refractivity contribution in [3.05, 3.63) is 47.5 Å². The molecule has 2 fully saturated rings. The standard InChI is InChI=1S/C23H25NO5/c1-13-6-4-5-7-15(13)17-12-22(29-24-17)16-9-8-14(2)23(27)11-10-18(25)21(23,3)19(16)28-20(22)26/h4-7,10-11,14,16,19,27H,8-9,12H2,1-3H3/t14-,16+,19+,21-,22-,23+/m0/s1. The fraction of sp³-hybridized carbons (Fsp3) is 0.522. The van der Waals surface area contributed by atoms with Gasteiger partial charge < -0.3 is 14.7 Å². The zero-order valence-electron chi connectivity index (χ0n) is 16.8. The Kier molecular flexibility index (Phi) is 3.70. The third kappa shape index (κ3) is 2.13. The molecule has 2 aliphatic carbocycles. The van der Waals surface area contributed by atoms with E-state index in [1.54, 1.807) is 13.0 Å².